The standard InChI is InChI=1S/2C6H5.C3H8S2.Pb/c2*1-2-4-6-5-3-1;4-2-1-3-5;/h2*1-5H;4-5H,1-3H2;/q;;;+2/p-2. The van der Waals surface area contributed by atoms with Crippen molar-refractivity contribution in [1.82, 2.24) is 0 Å². The van der Waals surface area contributed by atoms with Crippen molar-refractivity contribution in [3.8, 4) is 0 Å². The molecule has 1 saturated heterocycles. The quantitative estimate of drug-likeness (QED) is 0.623. The summed E-state index contributed by atoms with van der Waals surface area (Å²) in [5, 5.41) is 0. The summed E-state index contributed by atoms with van der Waals surface area (Å²) in [5.41, 5.74) is 0. The van der Waals surface area contributed by atoms with Crippen molar-refractivity contribution in [1.29, 1.82) is 0 Å². The summed E-state index contributed by atoms with van der Waals surface area (Å²) in [6, 6.07) is 22.5. The first-order valence-corrected chi connectivity index (χ1v) is 21.7. The molecule has 3 rings (SSSR count). The summed E-state index contributed by atoms with van der Waals surface area (Å²) in [7, 11) is 4.60. The van der Waals surface area contributed by atoms with Crippen LogP contribution in [-0.2, 0) is 0 Å². The van der Waals surface area contributed by atoms with Crippen LogP contribution >= 0.6 is 16.6 Å². The fourth-order valence-electron chi connectivity index (χ4n) is 2.35. The topological polar surface area (TPSA) is 0 Å². The van der Waals surface area contributed by atoms with Crippen molar-refractivity contribution in [2.75, 3.05) is 11.5 Å². The Kier molecular flexibility index (Phi) is 4.36. The Morgan fingerprint density at radius 1 is 0.667 bits per heavy atom. The van der Waals surface area contributed by atoms with Gasteiger partial charge in [0.2, 0.25) is 0 Å². The third-order valence-corrected chi connectivity index (χ3v) is 42.2. The molecule has 0 unspecified atom stereocenters. The van der Waals surface area contributed by atoms with Gasteiger partial charge in [0, 0.05) is 0 Å². The first kappa shape index (κ1) is 13.1. The number of rotatable bonds is 2. The zero-order valence-corrected chi connectivity index (χ0v) is 15.7. The zero-order chi connectivity index (χ0) is 12.3. The summed E-state index contributed by atoms with van der Waals surface area (Å²) in [4.78, 5) is 0. The molecule has 2 aromatic rings. The first-order chi connectivity index (χ1) is 8.92. The molecule has 0 nitrogen and oxygen atoms in total. The molecule has 1 aliphatic heterocycles. The molecular weight excluding hydrogens is 451 g/mol. The number of benzene rings is 2. The molecule has 0 N–H and O–H groups in total. The minimum atomic E-state index is -2.62. The van der Waals surface area contributed by atoms with Gasteiger partial charge >= 0.3 is 120 Å². The molecule has 0 bridgehead atoms. The van der Waals surface area contributed by atoms with E-state index in [0.717, 1.165) is 0 Å². The van der Waals surface area contributed by atoms with Crippen LogP contribution in [0.1, 0.15) is 6.42 Å². The van der Waals surface area contributed by atoms with Crippen molar-refractivity contribution in [3.05, 3.63) is 60.7 Å². The molecule has 0 atom stereocenters. The summed E-state index contributed by atoms with van der Waals surface area (Å²) < 4.78 is 3.29. The fraction of sp³-hybridized carbons (Fsp3) is 0.200. The third kappa shape index (κ3) is 2.52. The van der Waals surface area contributed by atoms with Crippen molar-refractivity contribution >= 4 is 41.0 Å². The van der Waals surface area contributed by atoms with E-state index in [1.54, 1.807) is 6.25 Å². The second-order valence-electron chi connectivity index (χ2n) is 4.40. The number of hydrogen-bond acceptors (Lipinski definition) is 2. The Labute approximate surface area is 119 Å². The van der Waals surface area contributed by atoms with Gasteiger partial charge in [-0.05, 0) is 0 Å². The van der Waals surface area contributed by atoms with Crippen LogP contribution < -0.4 is 6.25 Å². The number of hydrogen-bond donors (Lipinski definition) is 0. The van der Waals surface area contributed by atoms with Gasteiger partial charge in [0.1, 0.15) is 0 Å². The Morgan fingerprint density at radius 2 is 1.11 bits per heavy atom. The molecule has 0 aromatic heterocycles. The maximum atomic E-state index is 2.36. The summed E-state index contributed by atoms with van der Waals surface area (Å²) >= 11 is -2.62. The fourth-order valence-corrected chi connectivity index (χ4v) is 40.8. The van der Waals surface area contributed by atoms with E-state index < -0.39 is 18.2 Å². The van der Waals surface area contributed by atoms with Crippen molar-refractivity contribution in [2.24, 2.45) is 0 Å². The van der Waals surface area contributed by atoms with Gasteiger partial charge in [-0.15, -0.1) is 0 Å². The molecule has 0 aliphatic carbocycles. The van der Waals surface area contributed by atoms with Crippen molar-refractivity contribution < 1.29 is 0 Å². The van der Waals surface area contributed by atoms with E-state index in [9.17, 15) is 0 Å². The van der Waals surface area contributed by atoms with Gasteiger partial charge in [0.25, 0.3) is 0 Å². The molecule has 0 radical (unpaired) electrons. The van der Waals surface area contributed by atoms with E-state index >= 15 is 0 Å². The second kappa shape index (κ2) is 6.01. The molecule has 1 heterocycles. The SMILES string of the molecule is c1cc[c]([Pb]2([c]3ccccc3)[S]CCC[S]2)cc1. The average Bonchev–Trinajstić information content (AvgIpc) is 2.50. The van der Waals surface area contributed by atoms with Gasteiger partial charge in [-0.3, -0.25) is 0 Å². The Morgan fingerprint density at radius 3 is 1.56 bits per heavy atom. The third-order valence-electron chi connectivity index (χ3n) is 3.21. The second-order valence-corrected chi connectivity index (χ2v) is 34.8. The summed E-state index contributed by atoms with van der Waals surface area (Å²) in [6.45, 7) is 0. The molecule has 1 aliphatic rings. The molecule has 92 valence electrons. The Bertz CT molecular complexity index is 451. The average molecular weight is 468 g/mol. The van der Waals surface area contributed by atoms with E-state index in [-0.39, 0.29) is 0 Å². The molecular formula is C15H16PbS2. The van der Waals surface area contributed by atoms with Crippen LogP contribution in [0.3, 0.4) is 0 Å². The van der Waals surface area contributed by atoms with Crippen LogP contribution in [0, 0.1) is 0 Å². The molecule has 0 spiro atoms. The molecule has 1 fully saturated rings. The molecule has 3 heteroatoms. The van der Waals surface area contributed by atoms with Crippen molar-refractivity contribution in [2.45, 2.75) is 6.42 Å². The minimum absolute atomic E-state index is 1.35. The van der Waals surface area contributed by atoms with E-state index in [2.05, 4.69) is 77.3 Å². The summed E-state index contributed by atoms with van der Waals surface area (Å²) in [6.07, 6.45) is 1.37. The molecule has 2 aromatic carbocycles. The van der Waals surface area contributed by atoms with Crippen molar-refractivity contribution in [3.63, 3.8) is 0 Å². The Balaban J connectivity index is 2.10. The van der Waals surface area contributed by atoms with Crippen LogP contribution in [0.5, 0.6) is 0 Å². The molecule has 0 saturated carbocycles. The van der Waals surface area contributed by atoms with E-state index in [0.29, 0.717) is 0 Å². The first-order valence-electron chi connectivity index (χ1n) is 6.31. The van der Waals surface area contributed by atoms with Gasteiger partial charge in [-0.2, -0.15) is 0 Å². The van der Waals surface area contributed by atoms with Crippen LogP contribution in [0.2, 0.25) is 0 Å². The predicted molar refractivity (Wildman–Crippen MR) is 87.4 cm³/mol. The summed E-state index contributed by atoms with van der Waals surface area (Å²) in [5.74, 6) is 2.69. The predicted octanol–water partition coefficient (Wildman–Crippen LogP) is 3.11. The van der Waals surface area contributed by atoms with Gasteiger partial charge in [0.05, 0.1) is 0 Å². The molecule has 0 amide bonds. The normalized spacial score (nSPS) is 18.4. The molecule has 18 heavy (non-hydrogen) atoms. The van der Waals surface area contributed by atoms with E-state index in [4.69, 9.17) is 0 Å². The van der Waals surface area contributed by atoms with E-state index in [1.807, 2.05) is 0 Å². The van der Waals surface area contributed by atoms with Crippen LogP contribution in [0.25, 0.3) is 0 Å². The monoisotopic (exact) mass is 468 g/mol. The van der Waals surface area contributed by atoms with Crippen LogP contribution in [0.4, 0.5) is 0 Å². The Hall–Kier alpha value is 0.0621. The maximum absolute atomic E-state index is 2.62. The van der Waals surface area contributed by atoms with Crippen LogP contribution in [-0.4, -0.2) is 29.7 Å². The zero-order valence-electron chi connectivity index (χ0n) is 10.2. The van der Waals surface area contributed by atoms with Gasteiger partial charge in [0.15, 0.2) is 0 Å². The van der Waals surface area contributed by atoms with Gasteiger partial charge in [-0.1, -0.05) is 0 Å². The van der Waals surface area contributed by atoms with Gasteiger partial charge in [-0.25, -0.2) is 0 Å². The van der Waals surface area contributed by atoms with E-state index in [1.165, 1.54) is 17.9 Å². The van der Waals surface area contributed by atoms with Crippen LogP contribution in [0.15, 0.2) is 60.7 Å². The van der Waals surface area contributed by atoms with Gasteiger partial charge < -0.3 is 0 Å².